The van der Waals surface area contributed by atoms with Crippen molar-refractivity contribution in [2.75, 3.05) is 26.3 Å². The largest absolute Gasteiger partial charge is 0.332 e. The van der Waals surface area contributed by atoms with Gasteiger partial charge in [-0.25, -0.2) is 0 Å². The maximum atomic E-state index is 13.5. The molecule has 1 amide bonds. The Labute approximate surface area is 165 Å². The van der Waals surface area contributed by atoms with Gasteiger partial charge in [-0.15, -0.1) is 0 Å². The zero-order valence-corrected chi connectivity index (χ0v) is 17.5. The third-order valence-electron chi connectivity index (χ3n) is 5.87. The molecule has 2 fully saturated rings. The maximum Gasteiger partial charge on any atom is 0.240 e. The van der Waals surface area contributed by atoms with E-state index in [1.165, 1.54) is 37.7 Å². The molecule has 5 nitrogen and oxygen atoms in total. The Kier molecular flexibility index (Phi) is 8.07. The van der Waals surface area contributed by atoms with Gasteiger partial charge in [-0.2, -0.15) is 0 Å². The van der Waals surface area contributed by atoms with Gasteiger partial charge in [-0.3, -0.25) is 4.79 Å². The SMILES string of the molecule is CP[C@@H]1CNCCN1C(=O)[C@@H](Cc1cccc(CN)c1)NC1CCCCC1. The normalized spacial score (nSPS) is 23.0. The van der Waals surface area contributed by atoms with E-state index in [4.69, 9.17) is 5.73 Å². The molecule has 0 aromatic heterocycles. The smallest absolute Gasteiger partial charge is 0.240 e. The quantitative estimate of drug-likeness (QED) is 0.623. The van der Waals surface area contributed by atoms with E-state index in [9.17, 15) is 4.79 Å². The summed E-state index contributed by atoms with van der Waals surface area (Å²) in [5.74, 6) is 0.608. The highest BCUT2D eigenvalue weighted by atomic mass is 31.1. The lowest BCUT2D eigenvalue weighted by Crippen LogP contribution is -2.58. The van der Waals surface area contributed by atoms with Crippen LogP contribution in [0.4, 0.5) is 0 Å². The number of carbonyl (C=O) groups is 1. The molecule has 2 aliphatic rings. The van der Waals surface area contributed by atoms with Crippen molar-refractivity contribution in [3.05, 3.63) is 35.4 Å². The molecule has 150 valence electrons. The van der Waals surface area contributed by atoms with E-state index in [1.807, 2.05) is 0 Å². The molecule has 1 aromatic rings. The van der Waals surface area contributed by atoms with Gasteiger partial charge in [0.2, 0.25) is 5.91 Å². The second-order valence-corrected chi connectivity index (χ2v) is 9.07. The number of nitrogens with zero attached hydrogens (tertiary/aromatic N) is 1. The fraction of sp³-hybridized carbons (Fsp3) is 0.667. The topological polar surface area (TPSA) is 70.4 Å². The highest BCUT2D eigenvalue weighted by Crippen LogP contribution is 2.23. The first-order chi connectivity index (χ1) is 13.2. The summed E-state index contributed by atoms with van der Waals surface area (Å²) >= 11 is 0. The van der Waals surface area contributed by atoms with Crippen LogP contribution in [0.3, 0.4) is 0 Å². The van der Waals surface area contributed by atoms with Crippen molar-refractivity contribution in [1.29, 1.82) is 0 Å². The van der Waals surface area contributed by atoms with Crippen molar-refractivity contribution < 1.29 is 4.79 Å². The van der Waals surface area contributed by atoms with Gasteiger partial charge in [0.25, 0.3) is 0 Å². The summed E-state index contributed by atoms with van der Waals surface area (Å²) in [5.41, 5.74) is 8.15. The molecule has 4 N–H and O–H groups in total. The van der Waals surface area contributed by atoms with E-state index in [-0.39, 0.29) is 11.9 Å². The second-order valence-electron chi connectivity index (χ2n) is 7.82. The molecule has 1 saturated carbocycles. The minimum atomic E-state index is -0.141. The third kappa shape index (κ3) is 5.74. The van der Waals surface area contributed by atoms with Gasteiger partial charge in [0.15, 0.2) is 0 Å². The molecular formula is C21H35N4OP. The first-order valence-corrected chi connectivity index (χ1v) is 12.0. The van der Waals surface area contributed by atoms with Crippen LogP contribution in [0.25, 0.3) is 0 Å². The van der Waals surface area contributed by atoms with E-state index in [0.29, 0.717) is 18.4 Å². The number of hydrogen-bond donors (Lipinski definition) is 3. The van der Waals surface area contributed by atoms with Crippen molar-refractivity contribution in [3.63, 3.8) is 0 Å². The minimum absolute atomic E-state index is 0.141. The predicted octanol–water partition coefficient (Wildman–Crippen LogP) is 2.04. The molecule has 1 saturated heterocycles. The Morgan fingerprint density at radius 3 is 2.85 bits per heavy atom. The van der Waals surface area contributed by atoms with Crippen molar-refractivity contribution in [3.8, 4) is 0 Å². The fourth-order valence-electron chi connectivity index (χ4n) is 4.32. The molecule has 27 heavy (non-hydrogen) atoms. The maximum absolute atomic E-state index is 13.5. The predicted molar refractivity (Wildman–Crippen MR) is 114 cm³/mol. The van der Waals surface area contributed by atoms with E-state index in [1.54, 1.807) is 0 Å². The molecule has 3 atom stereocenters. The second kappa shape index (κ2) is 10.5. The summed E-state index contributed by atoms with van der Waals surface area (Å²) in [6, 6.07) is 8.72. The van der Waals surface area contributed by atoms with E-state index >= 15 is 0 Å². The van der Waals surface area contributed by atoms with E-state index < -0.39 is 0 Å². The molecular weight excluding hydrogens is 355 g/mol. The van der Waals surface area contributed by atoms with Crippen LogP contribution in [0.15, 0.2) is 24.3 Å². The molecule has 6 heteroatoms. The molecule has 3 rings (SSSR count). The number of nitrogens with one attached hydrogen (secondary N) is 2. The van der Waals surface area contributed by atoms with Crippen molar-refractivity contribution >= 4 is 14.5 Å². The summed E-state index contributed by atoms with van der Waals surface area (Å²) in [5, 5.41) is 7.18. The van der Waals surface area contributed by atoms with Crippen LogP contribution in [-0.4, -0.2) is 55.0 Å². The highest BCUT2D eigenvalue weighted by molar-refractivity contribution is 7.37. The summed E-state index contributed by atoms with van der Waals surface area (Å²) in [4.78, 5) is 15.6. The van der Waals surface area contributed by atoms with Crippen molar-refractivity contribution in [2.24, 2.45) is 5.73 Å². The minimum Gasteiger partial charge on any atom is -0.332 e. The van der Waals surface area contributed by atoms with E-state index in [0.717, 1.165) is 40.2 Å². The highest BCUT2D eigenvalue weighted by Gasteiger charge is 2.32. The Morgan fingerprint density at radius 1 is 1.33 bits per heavy atom. The zero-order valence-electron chi connectivity index (χ0n) is 16.5. The molecule has 0 bridgehead atoms. The standard InChI is InChI=1S/C21H35N4OP/c1-27-20-15-23-10-11-25(20)21(26)19(24-18-8-3-2-4-9-18)13-16-6-5-7-17(12-16)14-22/h5-7,12,18-20,23-24,27H,2-4,8-11,13-15,22H2,1H3/t19-,20-/m1/s1. The van der Waals surface area contributed by atoms with Crippen LogP contribution >= 0.6 is 8.58 Å². The lowest BCUT2D eigenvalue weighted by atomic mass is 9.93. The van der Waals surface area contributed by atoms with Crippen LogP contribution in [0.1, 0.15) is 43.2 Å². The number of hydrogen-bond acceptors (Lipinski definition) is 4. The Morgan fingerprint density at radius 2 is 2.11 bits per heavy atom. The monoisotopic (exact) mass is 390 g/mol. The average Bonchev–Trinajstić information content (AvgIpc) is 2.73. The van der Waals surface area contributed by atoms with Crippen molar-refractivity contribution in [2.45, 2.75) is 62.9 Å². The molecule has 1 aliphatic heterocycles. The zero-order chi connectivity index (χ0) is 19.1. The molecule has 1 heterocycles. The summed E-state index contributed by atoms with van der Waals surface area (Å²) in [6.07, 6.45) is 6.99. The Balaban J connectivity index is 1.76. The average molecular weight is 391 g/mol. The van der Waals surface area contributed by atoms with Crippen LogP contribution in [0.2, 0.25) is 0 Å². The van der Waals surface area contributed by atoms with Gasteiger partial charge in [-0.05, 0) is 37.1 Å². The van der Waals surface area contributed by atoms with Crippen molar-refractivity contribution in [1.82, 2.24) is 15.5 Å². The lowest BCUT2D eigenvalue weighted by Gasteiger charge is -2.39. The fourth-order valence-corrected chi connectivity index (χ4v) is 5.23. The van der Waals surface area contributed by atoms with E-state index in [2.05, 4.69) is 46.5 Å². The Bertz CT molecular complexity index is 606. The number of piperazine rings is 1. The van der Waals surface area contributed by atoms with Gasteiger partial charge in [0.05, 0.1) is 11.8 Å². The summed E-state index contributed by atoms with van der Waals surface area (Å²) < 4.78 is 0. The first-order valence-electron chi connectivity index (χ1n) is 10.4. The van der Waals surface area contributed by atoms with Gasteiger partial charge < -0.3 is 21.3 Å². The summed E-state index contributed by atoms with van der Waals surface area (Å²) in [6.45, 7) is 5.37. The third-order valence-corrected chi connectivity index (χ3v) is 7.05. The van der Waals surface area contributed by atoms with Gasteiger partial charge >= 0.3 is 0 Å². The molecule has 1 unspecified atom stereocenters. The molecule has 0 radical (unpaired) electrons. The van der Waals surface area contributed by atoms with Crippen LogP contribution < -0.4 is 16.4 Å². The number of amides is 1. The molecule has 1 aromatic carbocycles. The van der Waals surface area contributed by atoms with Gasteiger partial charge in [0.1, 0.15) is 0 Å². The van der Waals surface area contributed by atoms with Gasteiger partial charge in [0, 0.05) is 32.2 Å². The van der Waals surface area contributed by atoms with Crippen LogP contribution in [0, 0.1) is 0 Å². The van der Waals surface area contributed by atoms with Gasteiger partial charge in [-0.1, -0.05) is 52.1 Å². The van der Waals surface area contributed by atoms with Crippen LogP contribution in [0.5, 0.6) is 0 Å². The number of nitrogens with two attached hydrogens (primary N) is 1. The molecule has 0 spiro atoms. The Hall–Kier alpha value is -1.00. The van der Waals surface area contributed by atoms with Crippen LogP contribution in [-0.2, 0) is 17.8 Å². The number of carbonyl (C=O) groups excluding carboxylic acids is 1. The lowest BCUT2D eigenvalue weighted by molar-refractivity contribution is -0.135. The first kappa shape index (κ1) is 20.7. The summed E-state index contributed by atoms with van der Waals surface area (Å²) in [7, 11) is 0.745. The number of rotatable bonds is 7. The molecule has 1 aliphatic carbocycles. The number of benzene rings is 1.